The molecule has 0 nitrogen and oxygen atoms in total. The molecule has 47 heavy (non-hydrogen) atoms. The predicted octanol–water partition coefficient (Wildman–Crippen LogP) is 12.9. The third-order valence-electron chi connectivity index (χ3n) is 6.45. The summed E-state index contributed by atoms with van der Waals surface area (Å²) in [4.78, 5) is 0. The van der Waals surface area contributed by atoms with Crippen LogP contribution in [0.3, 0.4) is 0 Å². The van der Waals surface area contributed by atoms with Crippen LogP contribution in [0.1, 0.15) is 45.1 Å². The molecule has 0 saturated heterocycles. The van der Waals surface area contributed by atoms with E-state index in [-0.39, 0.29) is 0 Å². The fraction of sp³-hybridized carbons (Fsp3) is 0.156. The molecule has 0 N–H and O–H groups in total. The second kappa shape index (κ2) is 28.6. The van der Waals surface area contributed by atoms with Crippen LogP contribution >= 0.6 is 0 Å². The van der Waals surface area contributed by atoms with E-state index in [0.29, 0.717) is 0 Å². The third-order valence-corrected chi connectivity index (χ3v) is 6.45. The molecule has 0 fully saturated rings. The topological polar surface area (TPSA) is 0 Å². The van der Waals surface area contributed by atoms with Gasteiger partial charge in [0.2, 0.25) is 0 Å². The monoisotopic (exact) mass is 706 g/mol. The van der Waals surface area contributed by atoms with Crippen LogP contribution < -0.4 is 0 Å². The Hall–Kier alpha value is -3.58. The number of rotatable bonds is 3. The smallest absolute Gasteiger partial charge is 0.0279 e. The molecule has 7 rings (SSSR count). The van der Waals surface area contributed by atoms with Crippen LogP contribution in [0.2, 0.25) is 0 Å². The first kappa shape index (κ1) is 41.4. The second-order valence-electron chi connectivity index (χ2n) is 10.2. The first-order valence-corrected chi connectivity index (χ1v) is 20.3. The normalized spacial score (nSPS) is 9.02. The van der Waals surface area contributed by atoms with E-state index in [4.69, 9.17) is 0 Å². The van der Waals surface area contributed by atoms with Gasteiger partial charge in [-0.15, -0.1) is 69.6 Å². The Morgan fingerprint density at radius 1 is 0.617 bits per heavy atom. The summed E-state index contributed by atoms with van der Waals surface area (Å²) in [7, 11) is 0. The van der Waals surface area contributed by atoms with Crippen molar-refractivity contribution in [1.29, 1.82) is 0 Å². The first-order valence-electron chi connectivity index (χ1n) is 16.1. The molecule has 0 amide bonds. The van der Waals surface area contributed by atoms with Crippen molar-refractivity contribution in [2.75, 3.05) is 0 Å². The minimum Gasteiger partial charge on any atom is -0.184 e. The Labute approximate surface area is 302 Å². The maximum atomic E-state index is 3.60. The Bertz CT molecular complexity index is 1520. The number of aryl methyl sites for hydroxylation is 1. The molecule has 0 heterocycles. The zero-order chi connectivity index (χ0) is 34.4. The van der Waals surface area contributed by atoms with Crippen molar-refractivity contribution in [2.45, 2.75) is 46.5 Å². The van der Waals surface area contributed by atoms with Crippen LogP contribution in [0, 0.1) is 32.9 Å². The predicted molar refractivity (Wildman–Crippen MR) is 206 cm³/mol. The molecule has 0 aliphatic rings. The summed E-state index contributed by atoms with van der Waals surface area (Å²) in [5.74, 6) is 0. The van der Waals surface area contributed by atoms with Gasteiger partial charge in [0.15, 0.2) is 0 Å². The van der Waals surface area contributed by atoms with Crippen LogP contribution in [-0.4, -0.2) is 6.88 Å². The Kier molecular flexibility index (Phi) is 25.2. The van der Waals surface area contributed by atoms with E-state index in [9.17, 15) is 0 Å². The van der Waals surface area contributed by atoms with Gasteiger partial charge in [-0.1, -0.05) is 81.6 Å². The third kappa shape index (κ3) is 18.4. The second-order valence-corrected chi connectivity index (χ2v) is 10.2. The molecule has 2 heteroatoms. The number of hydrogen-bond acceptors (Lipinski definition) is 0. The van der Waals surface area contributed by atoms with E-state index in [2.05, 4.69) is 157 Å². The minimum absolute atomic E-state index is 1.07. The van der Waals surface area contributed by atoms with Crippen LogP contribution in [0.5, 0.6) is 0 Å². The zero-order valence-electron chi connectivity index (χ0n) is 28.3. The van der Waals surface area contributed by atoms with Crippen molar-refractivity contribution < 1.29 is 23.3 Å². The minimum atomic E-state index is 1.07. The molecule has 0 unspecified atom stereocenters. The summed E-state index contributed by atoms with van der Waals surface area (Å²) >= 11 is 1.36. The van der Waals surface area contributed by atoms with Gasteiger partial charge in [0, 0.05) is 0 Å². The largest absolute Gasteiger partial charge is 0.184 e. The van der Waals surface area contributed by atoms with E-state index in [1.165, 1.54) is 74.4 Å². The van der Waals surface area contributed by atoms with Crippen molar-refractivity contribution in [3.8, 4) is 11.1 Å². The average molecular weight is 708 g/mol. The van der Waals surface area contributed by atoms with Crippen LogP contribution in [0.15, 0.2) is 164 Å². The van der Waals surface area contributed by atoms with Gasteiger partial charge in [-0.2, -0.15) is 104 Å². The molecule has 0 aromatic heterocycles. The summed E-state index contributed by atoms with van der Waals surface area (Å²) < 4.78 is 0. The molecular formula is C45H48SiZr-6. The van der Waals surface area contributed by atoms with Gasteiger partial charge in [-0.25, -0.2) is 0 Å². The fourth-order valence-electron chi connectivity index (χ4n) is 4.02. The molecular weight excluding hydrogens is 660 g/mol. The summed E-state index contributed by atoms with van der Waals surface area (Å²) in [6.45, 7) is 16.6. The average Bonchev–Trinajstić information content (AvgIpc) is 3.81. The van der Waals surface area contributed by atoms with Crippen molar-refractivity contribution in [2.24, 2.45) is 0 Å². The zero-order valence-corrected chi connectivity index (χ0v) is 31.8. The SMILES string of the molecule is Cc1cc2ccccc2[cH-]1.[CH2-]CCC.[CH2-]CCC.[Si]=[Zr].[c-]1ccccc1.[c-]1ccccc1.c1ccc(-c2cccc3[cH-]ccc23)cc1. The summed E-state index contributed by atoms with van der Waals surface area (Å²) in [6, 6.07) is 61.2. The van der Waals surface area contributed by atoms with Gasteiger partial charge in [0.1, 0.15) is 0 Å². The van der Waals surface area contributed by atoms with E-state index in [0.717, 1.165) is 12.8 Å². The van der Waals surface area contributed by atoms with Crippen LogP contribution in [0.4, 0.5) is 0 Å². The molecule has 0 bridgehead atoms. The maximum Gasteiger partial charge on any atom is -0.0279 e. The van der Waals surface area contributed by atoms with Gasteiger partial charge in [0.05, 0.1) is 0 Å². The molecule has 0 aliphatic carbocycles. The number of benzene rings is 5. The number of unbranched alkanes of at least 4 members (excludes halogenated alkanes) is 2. The Morgan fingerprint density at radius 3 is 1.57 bits per heavy atom. The molecule has 242 valence electrons. The molecule has 0 aliphatic heterocycles. The molecule has 0 atom stereocenters. The van der Waals surface area contributed by atoms with Crippen molar-refractivity contribution >= 4 is 28.4 Å². The van der Waals surface area contributed by atoms with Crippen LogP contribution in [-0.2, 0) is 23.3 Å². The van der Waals surface area contributed by atoms with Gasteiger partial charge in [-0.05, 0) is 5.56 Å². The number of fused-ring (bicyclic) bond motifs is 2. The molecule has 0 saturated carbocycles. The van der Waals surface area contributed by atoms with E-state index in [1.807, 2.05) is 60.7 Å². The first-order chi connectivity index (χ1) is 23.1. The fourth-order valence-corrected chi connectivity index (χ4v) is 4.02. The summed E-state index contributed by atoms with van der Waals surface area (Å²) in [5, 5.41) is 5.35. The van der Waals surface area contributed by atoms with E-state index in [1.54, 1.807) is 0 Å². The van der Waals surface area contributed by atoms with Gasteiger partial charge < -0.3 is 13.8 Å². The quantitative estimate of drug-likeness (QED) is 0.127. The van der Waals surface area contributed by atoms with Gasteiger partial charge >= 0.3 is 30.2 Å². The van der Waals surface area contributed by atoms with Gasteiger partial charge in [-0.3, -0.25) is 0 Å². The molecule has 7 aromatic carbocycles. The van der Waals surface area contributed by atoms with E-state index >= 15 is 0 Å². The Morgan fingerprint density at radius 2 is 1.11 bits per heavy atom. The Balaban J connectivity index is 0.000000302. The van der Waals surface area contributed by atoms with Crippen molar-refractivity contribution in [1.82, 2.24) is 0 Å². The summed E-state index contributed by atoms with van der Waals surface area (Å²) in [5.41, 5.74) is 3.95. The molecule has 7 aromatic rings. The molecule has 2 radical (unpaired) electrons. The summed E-state index contributed by atoms with van der Waals surface area (Å²) in [6.07, 6.45) is 4.56. The molecule has 0 spiro atoms. The van der Waals surface area contributed by atoms with Gasteiger partial charge in [0.25, 0.3) is 0 Å². The van der Waals surface area contributed by atoms with Crippen molar-refractivity contribution in [3.05, 3.63) is 195 Å². The van der Waals surface area contributed by atoms with Crippen molar-refractivity contribution in [3.63, 3.8) is 0 Å². The van der Waals surface area contributed by atoms with Crippen LogP contribution in [0.25, 0.3) is 32.7 Å². The standard InChI is InChI=1S/C15H11.C10H9.2C6H5.2C4H9.Si.Zr/c1-2-6-12(7-3-1)14-10-4-8-13-9-5-11-15(13)14;1-8-6-9-4-2-3-5-10(9)7-8;2*1-2-4-6-5-3-1;2*1-3-4-2;;/h1-11H;2-7H,1H3;2*1-5H;2*1,3-4H2,2H3;;/q6*-1;;. The van der Waals surface area contributed by atoms with E-state index < -0.39 is 0 Å². The number of hydrogen-bond donors (Lipinski definition) is 0. The maximum absolute atomic E-state index is 3.60.